The lowest BCUT2D eigenvalue weighted by atomic mass is 10.1. The summed E-state index contributed by atoms with van der Waals surface area (Å²) in [7, 11) is 0. The first-order valence-corrected chi connectivity index (χ1v) is 3.78. The van der Waals surface area contributed by atoms with Crippen molar-refractivity contribution in [2.24, 2.45) is 0 Å². The Morgan fingerprint density at radius 3 is 2.20 bits per heavy atom. The monoisotopic (exact) mass is 231 g/mol. The summed E-state index contributed by atoms with van der Waals surface area (Å²) >= 11 is 0. The molecule has 0 aromatic carbocycles. The Bertz CT molecular complexity index is 309. The van der Waals surface area contributed by atoms with Gasteiger partial charge in [-0.15, -0.1) is 0 Å². The van der Waals surface area contributed by atoms with Gasteiger partial charge in [0.05, 0.1) is 6.54 Å². The largest absolute Gasteiger partial charge is 0.465 e. The van der Waals surface area contributed by atoms with E-state index in [1.165, 1.54) is 0 Å². The second-order valence-corrected chi connectivity index (χ2v) is 2.96. The Morgan fingerprint density at radius 1 is 1.33 bits per heavy atom. The smallest absolute Gasteiger partial charge is 0.457 e. The SMILES string of the molecule is O=C(O)N1CC=C(C(F)(F)C(F)(F)F)C1. The second-order valence-electron chi connectivity index (χ2n) is 2.96. The van der Waals surface area contributed by atoms with Crippen molar-refractivity contribution >= 4 is 6.09 Å². The van der Waals surface area contributed by atoms with Gasteiger partial charge >= 0.3 is 18.2 Å². The van der Waals surface area contributed by atoms with Gasteiger partial charge in [0.15, 0.2) is 0 Å². The van der Waals surface area contributed by atoms with Gasteiger partial charge < -0.3 is 10.0 Å². The fourth-order valence-electron chi connectivity index (χ4n) is 1.11. The van der Waals surface area contributed by atoms with Gasteiger partial charge in [-0.3, -0.25) is 0 Å². The van der Waals surface area contributed by atoms with Crippen LogP contribution in [0.25, 0.3) is 0 Å². The number of carbonyl (C=O) groups is 1. The van der Waals surface area contributed by atoms with Crippen molar-refractivity contribution in [1.29, 1.82) is 0 Å². The molecule has 1 amide bonds. The fourth-order valence-corrected chi connectivity index (χ4v) is 1.11. The summed E-state index contributed by atoms with van der Waals surface area (Å²) in [5, 5.41) is 8.37. The summed E-state index contributed by atoms with van der Waals surface area (Å²) in [4.78, 5) is 10.8. The van der Waals surface area contributed by atoms with Crippen LogP contribution in [0.3, 0.4) is 0 Å². The molecular formula is C7H6F5NO2. The van der Waals surface area contributed by atoms with Gasteiger partial charge in [0.25, 0.3) is 0 Å². The molecule has 1 heterocycles. The predicted molar refractivity (Wildman–Crippen MR) is 38.7 cm³/mol. The molecule has 0 spiro atoms. The average molecular weight is 231 g/mol. The Morgan fingerprint density at radius 2 is 1.87 bits per heavy atom. The molecule has 0 saturated heterocycles. The van der Waals surface area contributed by atoms with E-state index in [0.717, 1.165) is 0 Å². The van der Waals surface area contributed by atoms with Crippen LogP contribution < -0.4 is 0 Å². The van der Waals surface area contributed by atoms with Crippen molar-refractivity contribution in [3.05, 3.63) is 11.6 Å². The maximum absolute atomic E-state index is 12.7. The Kier molecular flexibility index (Phi) is 2.62. The minimum Gasteiger partial charge on any atom is -0.465 e. The molecule has 0 radical (unpaired) electrons. The number of hydrogen-bond acceptors (Lipinski definition) is 1. The first kappa shape index (κ1) is 11.7. The van der Waals surface area contributed by atoms with Crippen molar-refractivity contribution in [3.8, 4) is 0 Å². The number of rotatable bonds is 1. The molecule has 3 nitrogen and oxygen atoms in total. The molecule has 15 heavy (non-hydrogen) atoms. The number of amides is 1. The van der Waals surface area contributed by atoms with E-state index in [-0.39, 0.29) is 0 Å². The van der Waals surface area contributed by atoms with Gasteiger partial charge in [-0.05, 0) is 0 Å². The van der Waals surface area contributed by atoms with Crippen molar-refractivity contribution in [2.75, 3.05) is 13.1 Å². The minimum atomic E-state index is -5.69. The van der Waals surface area contributed by atoms with Gasteiger partial charge in [0.2, 0.25) is 0 Å². The number of carboxylic acid groups (broad SMARTS) is 1. The minimum absolute atomic E-state index is 0.448. The quantitative estimate of drug-likeness (QED) is 0.554. The van der Waals surface area contributed by atoms with Crippen LogP contribution in [0.2, 0.25) is 0 Å². The van der Waals surface area contributed by atoms with Crippen LogP contribution in [-0.2, 0) is 0 Å². The van der Waals surface area contributed by atoms with Gasteiger partial charge in [-0.2, -0.15) is 22.0 Å². The highest BCUT2D eigenvalue weighted by molar-refractivity contribution is 5.66. The predicted octanol–water partition coefficient (Wildman–Crippen LogP) is 2.10. The fraction of sp³-hybridized carbons (Fsp3) is 0.571. The van der Waals surface area contributed by atoms with Crippen molar-refractivity contribution in [1.82, 2.24) is 4.90 Å². The molecule has 1 N–H and O–H groups in total. The van der Waals surface area contributed by atoms with Crippen molar-refractivity contribution in [3.63, 3.8) is 0 Å². The molecule has 8 heteroatoms. The number of nitrogens with zero attached hydrogens (tertiary/aromatic N) is 1. The molecule has 0 aliphatic carbocycles. The van der Waals surface area contributed by atoms with Gasteiger partial charge in [0.1, 0.15) is 0 Å². The zero-order valence-corrected chi connectivity index (χ0v) is 7.18. The molecule has 1 rings (SSSR count). The molecule has 0 bridgehead atoms. The van der Waals surface area contributed by atoms with E-state index < -0.39 is 36.9 Å². The zero-order chi connectivity index (χ0) is 11.9. The van der Waals surface area contributed by atoms with Crippen LogP contribution in [0, 0.1) is 0 Å². The lowest BCUT2D eigenvalue weighted by Gasteiger charge is -2.21. The summed E-state index contributed by atoms with van der Waals surface area (Å²) in [5.74, 6) is -4.96. The Balaban J connectivity index is 2.81. The summed E-state index contributed by atoms with van der Waals surface area (Å²) in [6.07, 6.45) is -6.63. The number of halogens is 5. The van der Waals surface area contributed by atoms with Crippen molar-refractivity contribution in [2.45, 2.75) is 12.1 Å². The zero-order valence-electron chi connectivity index (χ0n) is 7.18. The first-order valence-electron chi connectivity index (χ1n) is 3.78. The lowest BCUT2D eigenvalue weighted by Crippen LogP contribution is -2.40. The molecule has 0 unspecified atom stereocenters. The maximum atomic E-state index is 12.7. The molecule has 0 aromatic heterocycles. The van der Waals surface area contributed by atoms with E-state index in [9.17, 15) is 26.7 Å². The van der Waals surface area contributed by atoms with Crippen LogP contribution >= 0.6 is 0 Å². The van der Waals surface area contributed by atoms with Gasteiger partial charge in [0, 0.05) is 12.1 Å². The normalized spacial score (nSPS) is 17.9. The van der Waals surface area contributed by atoms with Crippen LogP contribution in [0.4, 0.5) is 26.7 Å². The molecule has 86 valence electrons. The maximum Gasteiger partial charge on any atom is 0.457 e. The van der Waals surface area contributed by atoms with E-state index in [4.69, 9.17) is 5.11 Å². The molecule has 0 aromatic rings. The second kappa shape index (κ2) is 3.35. The molecule has 0 saturated carbocycles. The number of hydrogen-bond donors (Lipinski definition) is 1. The third-order valence-electron chi connectivity index (χ3n) is 1.95. The summed E-state index contributed by atoms with van der Waals surface area (Å²) in [6.45, 7) is -1.36. The highest BCUT2D eigenvalue weighted by Gasteiger charge is 2.60. The van der Waals surface area contributed by atoms with Gasteiger partial charge in [-0.1, -0.05) is 6.08 Å². The highest BCUT2D eigenvalue weighted by Crippen LogP contribution is 2.42. The van der Waals surface area contributed by atoms with E-state index in [1.807, 2.05) is 0 Å². The number of alkyl halides is 5. The summed E-state index contributed by atoms with van der Waals surface area (Å²) in [6, 6.07) is 0. The van der Waals surface area contributed by atoms with E-state index in [2.05, 4.69) is 0 Å². The molecule has 0 atom stereocenters. The molecule has 1 aliphatic heterocycles. The van der Waals surface area contributed by atoms with Crippen molar-refractivity contribution < 1.29 is 31.9 Å². The first-order chi connectivity index (χ1) is 6.66. The van der Waals surface area contributed by atoms with Crippen LogP contribution in [0.5, 0.6) is 0 Å². The Hall–Kier alpha value is -1.34. The Labute approximate surface area is 80.8 Å². The van der Waals surface area contributed by atoms with E-state index >= 15 is 0 Å². The summed E-state index contributed by atoms with van der Waals surface area (Å²) < 4.78 is 60.9. The van der Waals surface area contributed by atoms with Crippen LogP contribution in [-0.4, -0.2) is 41.3 Å². The topological polar surface area (TPSA) is 40.5 Å². The molecular weight excluding hydrogens is 225 g/mol. The standard InChI is InChI=1S/C7H6F5NO2/c8-6(9,7(10,11)12)4-1-2-13(3-4)5(14)15/h1H,2-3H2,(H,14,15). The third-order valence-corrected chi connectivity index (χ3v) is 1.95. The third kappa shape index (κ3) is 2.02. The van der Waals surface area contributed by atoms with Gasteiger partial charge in [-0.25, -0.2) is 4.79 Å². The van der Waals surface area contributed by atoms with Crippen LogP contribution in [0.15, 0.2) is 11.6 Å². The van der Waals surface area contributed by atoms with Crippen LogP contribution in [0.1, 0.15) is 0 Å². The van der Waals surface area contributed by atoms with E-state index in [0.29, 0.717) is 11.0 Å². The molecule has 1 aliphatic rings. The van der Waals surface area contributed by atoms with E-state index in [1.54, 1.807) is 0 Å². The lowest BCUT2D eigenvalue weighted by molar-refractivity contribution is -0.264. The highest BCUT2D eigenvalue weighted by atomic mass is 19.4. The average Bonchev–Trinajstić information content (AvgIpc) is 2.49. The summed E-state index contributed by atoms with van der Waals surface area (Å²) in [5.41, 5.74) is -1.22. The molecule has 0 fully saturated rings.